The summed E-state index contributed by atoms with van der Waals surface area (Å²) in [6.45, 7) is 1.37. The first-order chi connectivity index (χ1) is 9.42. The maximum Gasteiger partial charge on any atom is 0.129 e. The summed E-state index contributed by atoms with van der Waals surface area (Å²) in [5, 5.41) is 3.53. The average molecular weight is 257 g/mol. The smallest absolute Gasteiger partial charge is 0.129 e. The Morgan fingerprint density at radius 3 is 2.68 bits per heavy atom. The highest BCUT2D eigenvalue weighted by Gasteiger charge is 2.22. The second kappa shape index (κ2) is 6.04. The molecule has 0 radical (unpaired) electrons. The first-order valence-electron chi connectivity index (χ1n) is 6.84. The number of rotatable bonds is 7. The fourth-order valence-corrected chi connectivity index (χ4v) is 2.08. The monoisotopic (exact) mass is 257 g/mol. The van der Waals surface area contributed by atoms with E-state index in [1.807, 2.05) is 18.2 Å². The van der Waals surface area contributed by atoms with E-state index in [1.165, 1.54) is 18.4 Å². The molecule has 1 fully saturated rings. The molecule has 1 atom stereocenters. The van der Waals surface area contributed by atoms with Crippen LogP contribution in [0.1, 0.15) is 30.3 Å². The van der Waals surface area contributed by atoms with Crippen LogP contribution in [0.3, 0.4) is 0 Å². The molecule has 2 aromatic rings. The second-order valence-corrected chi connectivity index (χ2v) is 4.97. The van der Waals surface area contributed by atoms with Crippen molar-refractivity contribution < 1.29 is 9.15 Å². The zero-order valence-corrected chi connectivity index (χ0v) is 10.9. The Hall–Kier alpha value is -1.58. The van der Waals surface area contributed by atoms with Crippen LogP contribution in [0.15, 0.2) is 53.1 Å². The Morgan fingerprint density at radius 1 is 1.16 bits per heavy atom. The van der Waals surface area contributed by atoms with Gasteiger partial charge in [-0.15, -0.1) is 0 Å². The van der Waals surface area contributed by atoms with Crippen molar-refractivity contribution in [1.82, 2.24) is 5.32 Å². The van der Waals surface area contributed by atoms with Gasteiger partial charge in [-0.2, -0.15) is 0 Å². The van der Waals surface area contributed by atoms with E-state index in [0.29, 0.717) is 12.6 Å². The van der Waals surface area contributed by atoms with E-state index >= 15 is 0 Å². The van der Waals surface area contributed by atoms with Crippen molar-refractivity contribution in [2.75, 3.05) is 6.54 Å². The van der Waals surface area contributed by atoms with Crippen molar-refractivity contribution >= 4 is 0 Å². The SMILES string of the molecule is c1ccc(C(CNC2CC2)OCc2ccco2)cc1. The molecule has 1 aliphatic carbocycles. The molecule has 1 aromatic heterocycles. The van der Waals surface area contributed by atoms with Gasteiger partial charge >= 0.3 is 0 Å². The molecular weight excluding hydrogens is 238 g/mol. The molecule has 1 aromatic carbocycles. The van der Waals surface area contributed by atoms with Crippen LogP contribution in [-0.4, -0.2) is 12.6 Å². The van der Waals surface area contributed by atoms with Gasteiger partial charge in [0.1, 0.15) is 12.4 Å². The highest BCUT2D eigenvalue weighted by Crippen LogP contribution is 2.23. The van der Waals surface area contributed by atoms with Crippen molar-refractivity contribution in [3.05, 3.63) is 60.1 Å². The van der Waals surface area contributed by atoms with E-state index in [4.69, 9.17) is 9.15 Å². The standard InChI is InChI=1S/C16H19NO2/c1-2-5-13(6-3-1)16(11-17-14-8-9-14)19-12-15-7-4-10-18-15/h1-7,10,14,16-17H,8-9,11-12H2. The minimum absolute atomic E-state index is 0.0758. The summed E-state index contributed by atoms with van der Waals surface area (Å²) >= 11 is 0. The highest BCUT2D eigenvalue weighted by atomic mass is 16.5. The minimum atomic E-state index is 0.0758. The molecule has 1 N–H and O–H groups in total. The summed E-state index contributed by atoms with van der Waals surface area (Å²) < 4.78 is 11.3. The summed E-state index contributed by atoms with van der Waals surface area (Å²) in [5.41, 5.74) is 1.21. The van der Waals surface area contributed by atoms with Crippen molar-refractivity contribution in [2.24, 2.45) is 0 Å². The van der Waals surface area contributed by atoms with Crippen LogP contribution in [0, 0.1) is 0 Å². The van der Waals surface area contributed by atoms with Crippen LogP contribution < -0.4 is 5.32 Å². The third kappa shape index (κ3) is 3.69. The lowest BCUT2D eigenvalue weighted by Gasteiger charge is -2.18. The van der Waals surface area contributed by atoms with E-state index < -0.39 is 0 Å². The zero-order chi connectivity index (χ0) is 12.9. The number of nitrogens with one attached hydrogen (secondary N) is 1. The first kappa shape index (κ1) is 12.5. The van der Waals surface area contributed by atoms with Gasteiger partial charge < -0.3 is 14.5 Å². The molecule has 1 unspecified atom stereocenters. The third-order valence-electron chi connectivity index (χ3n) is 3.35. The number of benzene rings is 1. The van der Waals surface area contributed by atoms with Crippen LogP contribution in [-0.2, 0) is 11.3 Å². The maximum atomic E-state index is 5.99. The van der Waals surface area contributed by atoms with Crippen LogP contribution in [0.25, 0.3) is 0 Å². The minimum Gasteiger partial charge on any atom is -0.467 e. The molecule has 0 aliphatic heterocycles. The first-order valence-corrected chi connectivity index (χ1v) is 6.84. The molecule has 1 aliphatic rings. The van der Waals surface area contributed by atoms with Gasteiger partial charge in [0.15, 0.2) is 0 Å². The molecule has 19 heavy (non-hydrogen) atoms. The number of hydrogen-bond donors (Lipinski definition) is 1. The lowest BCUT2D eigenvalue weighted by Crippen LogP contribution is -2.25. The molecule has 1 heterocycles. The quantitative estimate of drug-likeness (QED) is 0.826. The summed E-state index contributed by atoms with van der Waals surface area (Å²) in [6, 6.07) is 14.9. The topological polar surface area (TPSA) is 34.4 Å². The Kier molecular flexibility index (Phi) is 3.96. The highest BCUT2D eigenvalue weighted by molar-refractivity contribution is 5.18. The molecule has 100 valence electrons. The van der Waals surface area contributed by atoms with Crippen molar-refractivity contribution in [3.63, 3.8) is 0 Å². The van der Waals surface area contributed by atoms with Crippen LogP contribution in [0.4, 0.5) is 0 Å². The fraction of sp³-hybridized carbons (Fsp3) is 0.375. The maximum absolute atomic E-state index is 5.99. The van der Waals surface area contributed by atoms with Gasteiger partial charge in [0.05, 0.1) is 12.4 Å². The Morgan fingerprint density at radius 2 is 2.00 bits per heavy atom. The van der Waals surface area contributed by atoms with Crippen molar-refractivity contribution in [3.8, 4) is 0 Å². The zero-order valence-electron chi connectivity index (χ0n) is 10.9. The lowest BCUT2D eigenvalue weighted by atomic mass is 10.1. The number of hydrogen-bond acceptors (Lipinski definition) is 3. The van der Waals surface area contributed by atoms with Gasteiger partial charge in [-0.1, -0.05) is 30.3 Å². The molecular formula is C16H19NO2. The van der Waals surface area contributed by atoms with Crippen LogP contribution >= 0.6 is 0 Å². The fourth-order valence-electron chi connectivity index (χ4n) is 2.08. The van der Waals surface area contributed by atoms with E-state index in [0.717, 1.165) is 12.3 Å². The van der Waals surface area contributed by atoms with Gasteiger partial charge in [0, 0.05) is 12.6 Å². The summed E-state index contributed by atoms with van der Waals surface area (Å²) in [4.78, 5) is 0. The lowest BCUT2D eigenvalue weighted by molar-refractivity contribution is 0.0299. The van der Waals surface area contributed by atoms with Gasteiger partial charge in [0.25, 0.3) is 0 Å². The predicted molar refractivity (Wildman–Crippen MR) is 73.7 cm³/mol. The molecule has 1 saturated carbocycles. The molecule has 0 amide bonds. The van der Waals surface area contributed by atoms with Crippen LogP contribution in [0.5, 0.6) is 0 Å². The summed E-state index contributed by atoms with van der Waals surface area (Å²) in [6.07, 6.45) is 4.34. The average Bonchev–Trinajstić information content (AvgIpc) is 3.14. The molecule has 3 nitrogen and oxygen atoms in total. The summed E-state index contributed by atoms with van der Waals surface area (Å²) in [5.74, 6) is 0.868. The van der Waals surface area contributed by atoms with Crippen molar-refractivity contribution in [2.45, 2.75) is 31.6 Å². The molecule has 0 bridgehead atoms. The Balaban J connectivity index is 1.61. The van der Waals surface area contributed by atoms with E-state index in [1.54, 1.807) is 6.26 Å². The van der Waals surface area contributed by atoms with Gasteiger partial charge in [0.2, 0.25) is 0 Å². The Labute approximate surface area is 113 Å². The largest absolute Gasteiger partial charge is 0.467 e. The van der Waals surface area contributed by atoms with Gasteiger partial charge in [-0.05, 0) is 30.5 Å². The summed E-state index contributed by atoms with van der Waals surface area (Å²) in [7, 11) is 0. The second-order valence-electron chi connectivity index (χ2n) is 4.97. The molecule has 3 heteroatoms. The van der Waals surface area contributed by atoms with E-state index in [2.05, 4.69) is 29.6 Å². The molecule has 0 spiro atoms. The van der Waals surface area contributed by atoms with E-state index in [9.17, 15) is 0 Å². The third-order valence-corrected chi connectivity index (χ3v) is 3.35. The van der Waals surface area contributed by atoms with E-state index in [-0.39, 0.29) is 6.10 Å². The Bertz CT molecular complexity index is 477. The number of ether oxygens (including phenoxy) is 1. The number of furan rings is 1. The van der Waals surface area contributed by atoms with Gasteiger partial charge in [-0.25, -0.2) is 0 Å². The molecule has 0 saturated heterocycles. The van der Waals surface area contributed by atoms with Gasteiger partial charge in [-0.3, -0.25) is 0 Å². The molecule has 3 rings (SSSR count). The van der Waals surface area contributed by atoms with Crippen molar-refractivity contribution in [1.29, 1.82) is 0 Å². The van der Waals surface area contributed by atoms with Crippen LogP contribution in [0.2, 0.25) is 0 Å². The predicted octanol–water partition coefficient (Wildman–Crippen LogP) is 3.29. The normalized spacial score (nSPS) is 16.4.